The highest BCUT2D eigenvalue weighted by Crippen LogP contribution is 2.45. The van der Waals surface area contributed by atoms with Gasteiger partial charge in [-0.25, -0.2) is 0 Å². The summed E-state index contributed by atoms with van der Waals surface area (Å²) < 4.78 is 0. The van der Waals surface area contributed by atoms with Crippen molar-refractivity contribution in [1.29, 1.82) is 0 Å². The first-order valence-corrected chi connectivity index (χ1v) is 8.41. The Labute approximate surface area is 126 Å². The highest BCUT2D eigenvalue weighted by Gasteiger charge is 2.17. The van der Waals surface area contributed by atoms with E-state index >= 15 is 0 Å². The van der Waals surface area contributed by atoms with E-state index in [-0.39, 0.29) is 5.78 Å². The highest BCUT2D eigenvalue weighted by atomic mass is 33.1. The summed E-state index contributed by atoms with van der Waals surface area (Å²) in [7, 11) is 3.17. The Balaban J connectivity index is 1.83. The summed E-state index contributed by atoms with van der Waals surface area (Å²) in [6.45, 7) is 0. The summed E-state index contributed by atoms with van der Waals surface area (Å²) in [6, 6.07) is 19.6. The lowest BCUT2D eigenvalue weighted by Gasteiger charge is -2.12. The molecule has 2 aromatic rings. The van der Waals surface area contributed by atoms with Crippen molar-refractivity contribution in [1.82, 2.24) is 0 Å². The van der Waals surface area contributed by atoms with Crippen LogP contribution in [0.15, 0.2) is 77.7 Å². The van der Waals surface area contributed by atoms with E-state index in [1.54, 1.807) is 10.8 Å². The van der Waals surface area contributed by atoms with Crippen molar-refractivity contribution in [3.05, 3.63) is 88.8 Å². The number of allylic oxidation sites excluding steroid dienone is 3. The van der Waals surface area contributed by atoms with Gasteiger partial charge in [-0.3, -0.25) is 4.79 Å². The van der Waals surface area contributed by atoms with Crippen molar-refractivity contribution in [2.24, 2.45) is 0 Å². The second-order valence-corrected chi connectivity index (χ2v) is 6.50. The van der Waals surface area contributed by atoms with E-state index in [0.29, 0.717) is 0 Å². The molecule has 98 valence electrons. The van der Waals surface area contributed by atoms with Crippen LogP contribution in [0.5, 0.6) is 0 Å². The van der Waals surface area contributed by atoms with E-state index in [4.69, 9.17) is 0 Å². The number of hydrogen-bond acceptors (Lipinski definition) is 3. The van der Waals surface area contributed by atoms with Crippen LogP contribution in [0.25, 0.3) is 4.91 Å². The molecular weight excluding hydrogens is 284 g/mol. The monoisotopic (exact) mass is 296 g/mol. The smallest absolute Gasteiger partial charge is 0.200 e. The van der Waals surface area contributed by atoms with E-state index in [1.165, 1.54) is 21.3 Å². The van der Waals surface area contributed by atoms with E-state index in [1.807, 2.05) is 60.7 Å². The maximum absolute atomic E-state index is 12.3. The van der Waals surface area contributed by atoms with E-state index in [9.17, 15) is 4.79 Å². The Morgan fingerprint density at radius 2 is 1.40 bits per heavy atom. The molecule has 1 nitrogen and oxygen atoms in total. The quantitative estimate of drug-likeness (QED) is 0.573. The molecule has 0 aliphatic carbocycles. The summed E-state index contributed by atoms with van der Waals surface area (Å²) >= 11 is 0. The summed E-state index contributed by atoms with van der Waals surface area (Å²) in [6.07, 6.45) is 3.94. The lowest BCUT2D eigenvalue weighted by Crippen LogP contribution is -2.00. The van der Waals surface area contributed by atoms with E-state index in [0.717, 1.165) is 10.5 Å². The molecule has 0 saturated heterocycles. The van der Waals surface area contributed by atoms with Crippen LogP contribution in [0.1, 0.15) is 15.9 Å². The molecule has 20 heavy (non-hydrogen) atoms. The standard InChI is InChI=1S/C17H12OS2/c18-17(14-9-5-2-6-10-14)16-12-11-15(19-20-16)13-7-3-1-4-8-13/h1-12H. The number of carbonyl (C=O) groups excluding carboxylic acids is 1. The Morgan fingerprint density at radius 1 is 0.750 bits per heavy atom. The average molecular weight is 296 g/mol. The van der Waals surface area contributed by atoms with Gasteiger partial charge in [0.15, 0.2) is 5.78 Å². The number of ketones is 1. The van der Waals surface area contributed by atoms with Gasteiger partial charge < -0.3 is 0 Å². The molecule has 0 aromatic heterocycles. The zero-order valence-corrected chi connectivity index (χ0v) is 12.3. The first kappa shape index (κ1) is 13.3. The number of hydrogen-bond donors (Lipinski definition) is 0. The maximum atomic E-state index is 12.3. The third kappa shape index (κ3) is 2.89. The summed E-state index contributed by atoms with van der Waals surface area (Å²) in [4.78, 5) is 14.3. The summed E-state index contributed by atoms with van der Waals surface area (Å²) in [5, 5.41) is 0. The van der Waals surface area contributed by atoms with Crippen molar-refractivity contribution >= 4 is 32.3 Å². The van der Waals surface area contributed by atoms with Crippen LogP contribution < -0.4 is 0 Å². The summed E-state index contributed by atoms with van der Waals surface area (Å²) in [5.74, 6) is 0.0893. The minimum Gasteiger partial charge on any atom is -0.288 e. The molecule has 1 aliphatic heterocycles. The van der Waals surface area contributed by atoms with Gasteiger partial charge in [0.25, 0.3) is 0 Å². The minimum atomic E-state index is 0.0893. The minimum absolute atomic E-state index is 0.0893. The lowest BCUT2D eigenvalue weighted by molar-refractivity contribution is 0.104. The van der Waals surface area contributed by atoms with Crippen LogP contribution in [0, 0.1) is 0 Å². The molecule has 0 atom stereocenters. The zero-order chi connectivity index (χ0) is 13.8. The van der Waals surface area contributed by atoms with Crippen molar-refractivity contribution in [3.63, 3.8) is 0 Å². The first-order chi connectivity index (χ1) is 9.84. The van der Waals surface area contributed by atoms with Crippen molar-refractivity contribution in [2.45, 2.75) is 0 Å². The number of rotatable bonds is 3. The largest absolute Gasteiger partial charge is 0.288 e. The molecular formula is C17H12OS2. The van der Waals surface area contributed by atoms with Crippen LogP contribution >= 0.6 is 21.6 Å². The molecule has 2 aromatic carbocycles. The average Bonchev–Trinajstić information content (AvgIpc) is 2.56. The third-order valence-corrected chi connectivity index (χ3v) is 5.39. The van der Waals surface area contributed by atoms with Crippen LogP contribution in [0.4, 0.5) is 0 Å². The Kier molecular flexibility index (Phi) is 4.09. The van der Waals surface area contributed by atoms with Crippen molar-refractivity contribution in [2.75, 3.05) is 0 Å². The van der Waals surface area contributed by atoms with Gasteiger partial charge in [0.2, 0.25) is 0 Å². The van der Waals surface area contributed by atoms with E-state index < -0.39 is 0 Å². The molecule has 0 N–H and O–H groups in total. The van der Waals surface area contributed by atoms with Gasteiger partial charge in [-0.05, 0) is 28.5 Å². The molecule has 3 heteroatoms. The van der Waals surface area contributed by atoms with Gasteiger partial charge in [0, 0.05) is 10.5 Å². The van der Waals surface area contributed by atoms with Gasteiger partial charge in [-0.1, -0.05) is 71.5 Å². The molecule has 0 fully saturated rings. The predicted molar refractivity (Wildman–Crippen MR) is 88.5 cm³/mol. The molecule has 0 radical (unpaired) electrons. The third-order valence-electron chi connectivity index (χ3n) is 2.93. The normalized spacial score (nSPS) is 14.4. The fraction of sp³-hybridized carbons (Fsp3) is 0. The number of carbonyl (C=O) groups is 1. The molecule has 0 spiro atoms. The Bertz CT molecular complexity index is 673. The van der Waals surface area contributed by atoms with Gasteiger partial charge >= 0.3 is 0 Å². The van der Waals surface area contributed by atoms with Crippen molar-refractivity contribution < 1.29 is 4.79 Å². The number of Topliss-reactive ketones (excluding diaryl/α,β-unsaturated/α-hetero) is 1. The molecule has 0 saturated carbocycles. The number of benzene rings is 2. The maximum Gasteiger partial charge on any atom is 0.200 e. The van der Waals surface area contributed by atoms with Crippen molar-refractivity contribution in [3.8, 4) is 0 Å². The fourth-order valence-corrected chi connectivity index (χ4v) is 4.13. The first-order valence-electron chi connectivity index (χ1n) is 6.26. The van der Waals surface area contributed by atoms with Gasteiger partial charge in [0.1, 0.15) is 0 Å². The van der Waals surface area contributed by atoms with Gasteiger partial charge in [-0.15, -0.1) is 0 Å². The molecule has 3 rings (SSSR count). The SMILES string of the molecule is O=C(C1=CC=C(c2ccccc2)SS1)c1ccccc1. The fourth-order valence-electron chi connectivity index (χ4n) is 1.89. The topological polar surface area (TPSA) is 17.1 Å². The van der Waals surface area contributed by atoms with Gasteiger partial charge in [0.05, 0.1) is 4.91 Å². The predicted octanol–water partition coefficient (Wildman–Crippen LogP) is 5.19. The van der Waals surface area contributed by atoms with E-state index in [2.05, 4.69) is 12.1 Å². The van der Waals surface area contributed by atoms with Crippen LogP contribution in [0.2, 0.25) is 0 Å². The second-order valence-electron chi connectivity index (χ2n) is 4.29. The Hall–Kier alpha value is -1.71. The molecule has 0 unspecified atom stereocenters. The van der Waals surface area contributed by atoms with Crippen LogP contribution in [-0.4, -0.2) is 5.78 Å². The van der Waals surface area contributed by atoms with Crippen LogP contribution in [0.3, 0.4) is 0 Å². The zero-order valence-electron chi connectivity index (χ0n) is 10.7. The molecule has 0 amide bonds. The van der Waals surface area contributed by atoms with Gasteiger partial charge in [-0.2, -0.15) is 0 Å². The molecule has 1 aliphatic rings. The molecule has 0 bridgehead atoms. The second kappa shape index (κ2) is 6.16. The molecule has 1 heterocycles. The summed E-state index contributed by atoms with van der Waals surface area (Å²) in [5.41, 5.74) is 1.93. The lowest BCUT2D eigenvalue weighted by atomic mass is 10.1. The highest BCUT2D eigenvalue weighted by molar-refractivity contribution is 8.81. The van der Waals surface area contributed by atoms with Crippen LogP contribution in [-0.2, 0) is 0 Å². The Morgan fingerprint density at radius 3 is 2.00 bits per heavy atom.